The summed E-state index contributed by atoms with van der Waals surface area (Å²) in [6.07, 6.45) is 1.46. The van der Waals surface area contributed by atoms with Crippen LogP contribution in [0, 0.1) is 18.3 Å². The molecule has 1 aromatic heterocycles. The fourth-order valence-electron chi connectivity index (χ4n) is 1.27. The second-order valence-electron chi connectivity index (χ2n) is 3.28. The van der Waals surface area contributed by atoms with E-state index in [0.717, 1.165) is 5.56 Å². The number of nitrogens with zero attached hydrogens (tertiary/aromatic N) is 3. The average molecular weight is 211 g/mol. The number of nitriles is 1. The van der Waals surface area contributed by atoms with Crippen LogP contribution in [0.2, 0.25) is 0 Å². The van der Waals surface area contributed by atoms with Gasteiger partial charge in [0.05, 0.1) is 6.20 Å². The van der Waals surface area contributed by atoms with Crippen molar-refractivity contribution in [3.63, 3.8) is 0 Å². The molecular formula is C12H9N3O. The van der Waals surface area contributed by atoms with Crippen molar-refractivity contribution in [1.82, 2.24) is 10.2 Å². The maximum atomic E-state index is 8.85. The molecule has 0 bridgehead atoms. The number of ether oxygens (including phenoxy) is 1. The lowest BCUT2D eigenvalue weighted by Crippen LogP contribution is -1.93. The van der Waals surface area contributed by atoms with Gasteiger partial charge in [0.25, 0.3) is 5.88 Å². The third kappa shape index (κ3) is 2.15. The predicted molar refractivity (Wildman–Crippen MR) is 58.0 cm³/mol. The van der Waals surface area contributed by atoms with E-state index < -0.39 is 0 Å². The molecule has 0 amide bonds. The van der Waals surface area contributed by atoms with Crippen LogP contribution in [0.4, 0.5) is 0 Å². The first-order valence-electron chi connectivity index (χ1n) is 4.76. The fourth-order valence-corrected chi connectivity index (χ4v) is 1.27. The summed E-state index contributed by atoms with van der Waals surface area (Å²) in [5, 5.41) is 16.3. The quantitative estimate of drug-likeness (QED) is 0.765. The Balaban J connectivity index is 2.31. The van der Waals surface area contributed by atoms with Gasteiger partial charge in [-0.3, -0.25) is 0 Å². The first kappa shape index (κ1) is 10.1. The second-order valence-corrected chi connectivity index (χ2v) is 3.28. The van der Waals surface area contributed by atoms with Gasteiger partial charge in [-0.15, -0.1) is 5.10 Å². The largest absolute Gasteiger partial charge is 0.437 e. The minimum absolute atomic E-state index is 0.232. The van der Waals surface area contributed by atoms with Crippen LogP contribution in [0.15, 0.2) is 36.5 Å². The molecule has 0 aliphatic rings. The molecule has 0 saturated carbocycles. The van der Waals surface area contributed by atoms with E-state index in [1.807, 2.05) is 37.3 Å². The Labute approximate surface area is 93.1 Å². The second kappa shape index (κ2) is 4.41. The molecule has 0 fully saturated rings. The Bertz CT molecular complexity index is 546. The third-order valence-corrected chi connectivity index (χ3v) is 2.01. The molecule has 4 heteroatoms. The molecule has 0 unspecified atom stereocenters. The highest BCUT2D eigenvalue weighted by molar-refractivity contribution is 5.39. The number of hydrogen-bond acceptors (Lipinski definition) is 4. The van der Waals surface area contributed by atoms with Crippen LogP contribution in [0.1, 0.15) is 11.1 Å². The molecule has 0 aliphatic carbocycles. The summed E-state index contributed by atoms with van der Waals surface area (Å²) in [5.74, 6) is 0.882. The molecule has 0 spiro atoms. The van der Waals surface area contributed by atoms with E-state index in [-0.39, 0.29) is 5.88 Å². The van der Waals surface area contributed by atoms with E-state index in [1.165, 1.54) is 6.20 Å². The molecule has 0 saturated heterocycles. The molecule has 4 nitrogen and oxygen atoms in total. The Morgan fingerprint density at radius 1 is 1.31 bits per heavy atom. The summed E-state index contributed by atoms with van der Waals surface area (Å²) in [6, 6.07) is 11.1. The molecule has 1 heterocycles. The highest BCUT2D eigenvalue weighted by atomic mass is 16.5. The Morgan fingerprint density at radius 3 is 2.94 bits per heavy atom. The van der Waals surface area contributed by atoms with Crippen LogP contribution in [-0.2, 0) is 0 Å². The predicted octanol–water partition coefficient (Wildman–Crippen LogP) is 2.45. The Morgan fingerprint density at radius 2 is 2.19 bits per heavy atom. The highest BCUT2D eigenvalue weighted by Gasteiger charge is 2.05. The minimum Gasteiger partial charge on any atom is -0.437 e. The summed E-state index contributed by atoms with van der Waals surface area (Å²) >= 11 is 0. The minimum atomic E-state index is 0.232. The summed E-state index contributed by atoms with van der Waals surface area (Å²) in [6.45, 7) is 1.97. The lowest BCUT2D eigenvalue weighted by atomic mass is 10.2. The average Bonchev–Trinajstić information content (AvgIpc) is 2.30. The number of aryl methyl sites for hydroxylation is 1. The molecule has 2 rings (SSSR count). The van der Waals surface area contributed by atoms with Crippen LogP contribution < -0.4 is 4.74 Å². The first-order valence-corrected chi connectivity index (χ1v) is 4.76. The molecule has 0 radical (unpaired) electrons. The standard InChI is InChI=1S/C12H9N3O/c1-9-3-2-4-11(7-9)16-12-10(8-13)5-6-14-15-12/h2-7H,1H3. The summed E-state index contributed by atoms with van der Waals surface area (Å²) in [5.41, 5.74) is 1.46. The van der Waals surface area contributed by atoms with Crippen LogP contribution in [-0.4, -0.2) is 10.2 Å². The zero-order valence-electron chi connectivity index (χ0n) is 8.71. The lowest BCUT2D eigenvalue weighted by molar-refractivity contribution is 0.453. The van der Waals surface area contributed by atoms with Gasteiger partial charge in [-0.25, -0.2) is 0 Å². The van der Waals surface area contributed by atoms with Gasteiger partial charge in [0.15, 0.2) is 0 Å². The monoisotopic (exact) mass is 211 g/mol. The molecule has 0 N–H and O–H groups in total. The normalized spacial score (nSPS) is 9.50. The molecular weight excluding hydrogens is 202 g/mol. The van der Waals surface area contributed by atoms with Crippen molar-refractivity contribution in [3.8, 4) is 17.7 Å². The highest BCUT2D eigenvalue weighted by Crippen LogP contribution is 2.22. The first-order chi connectivity index (χ1) is 7.79. The van der Waals surface area contributed by atoms with Gasteiger partial charge >= 0.3 is 0 Å². The van der Waals surface area contributed by atoms with Gasteiger partial charge in [0.2, 0.25) is 0 Å². The van der Waals surface area contributed by atoms with Gasteiger partial charge in [-0.05, 0) is 30.7 Å². The molecule has 0 atom stereocenters. The van der Waals surface area contributed by atoms with E-state index >= 15 is 0 Å². The number of rotatable bonds is 2. The number of hydrogen-bond donors (Lipinski definition) is 0. The van der Waals surface area contributed by atoms with Crippen molar-refractivity contribution in [1.29, 1.82) is 5.26 Å². The maximum Gasteiger partial charge on any atom is 0.256 e. The molecule has 16 heavy (non-hydrogen) atoms. The third-order valence-electron chi connectivity index (χ3n) is 2.01. The smallest absolute Gasteiger partial charge is 0.256 e. The zero-order chi connectivity index (χ0) is 11.4. The van der Waals surface area contributed by atoms with E-state index in [0.29, 0.717) is 11.3 Å². The topological polar surface area (TPSA) is 58.8 Å². The summed E-state index contributed by atoms with van der Waals surface area (Å²) in [7, 11) is 0. The van der Waals surface area contributed by atoms with Gasteiger partial charge in [-0.2, -0.15) is 10.4 Å². The Hall–Kier alpha value is -2.41. The molecule has 0 aliphatic heterocycles. The summed E-state index contributed by atoms with van der Waals surface area (Å²) in [4.78, 5) is 0. The van der Waals surface area contributed by atoms with Gasteiger partial charge in [0.1, 0.15) is 17.4 Å². The number of aromatic nitrogens is 2. The van der Waals surface area contributed by atoms with E-state index in [4.69, 9.17) is 10.00 Å². The van der Waals surface area contributed by atoms with Crippen molar-refractivity contribution >= 4 is 0 Å². The van der Waals surface area contributed by atoms with Crippen LogP contribution in [0.5, 0.6) is 11.6 Å². The van der Waals surface area contributed by atoms with Gasteiger partial charge in [-0.1, -0.05) is 12.1 Å². The molecule has 78 valence electrons. The van der Waals surface area contributed by atoms with Crippen molar-refractivity contribution in [3.05, 3.63) is 47.7 Å². The molecule has 2 aromatic rings. The van der Waals surface area contributed by atoms with Gasteiger partial charge in [0, 0.05) is 0 Å². The van der Waals surface area contributed by atoms with Crippen molar-refractivity contribution in [2.24, 2.45) is 0 Å². The Kier molecular flexibility index (Phi) is 2.79. The zero-order valence-corrected chi connectivity index (χ0v) is 8.71. The van der Waals surface area contributed by atoms with Crippen LogP contribution in [0.3, 0.4) is 0 Å². The van der Waals surface area contributed by atoms with Crippen molar-refractivity contribution in [2.45, 2.75) is 6.92 Å². The van der Waals surface area contributed by atoms with E-state index in [9.17, 15) is 0 Å². The summed E-state index contributed by atoms with van der Waals surface area (Å²) < 4.78 is 5.49. The SMILES string of the molecule is Cc1cccc(Oc2nnccc2C#N)c1. The van der Waals surface area contributed by atoms with E-state index in [2.05, 4.69) is 10.2 Å². The van der Waals surface area contributed by atoms with Gasteiger partial charge < -0.3 is 4.74 Å². The lowest BCUT2D eigenvalue weighted by Gasteiger charge is -2.05. The van der Waals surface area contributed by atoms with Crippen molar-refractivity contribution < 1.29 is 4.74 Å². The van der Waals surface area contributed by atoms with Crippen LogP contribution in [0.25, 0.3) is 0 Å². The van der Waals surface area contributed by atoms with Crippen molar-refractivity contribution in [2.75, 3.05) is 0 Å². The number of benzene rings is 1. The van der Waals surface area contributed by atoms with Crippen LogP contribution >= 0.6 is 0 Å². The molecule has 1 aromatic carbocycles. The van der Waals surface area contributed by atoms with E-state index in [1.54, 1.807) is 6.07 Å². The fraction of sp³-hybridized carbons (Fsp3) is 0.0833. The maximum absolute atomic E-state index is 8.85.